The van der Waals surface area contributed by atoms with Crippen LogP contribution in [0.3, 0.4) is 0 Å². The van der Waals surface area contributed by atoms with Crippen LogP contribution in [0.15, 0.2) is 46.9 Å². The number of benzene rings is 2. The zero-order valence-electron chi connectivity index (χ0n) is 10.3. The fourth-order valence-electron chi connectivity index (χ4n) is 1.67. The van der Waals surface area contributed by atoms with E-state index in [0.29, 0.717) is 15.8 Å². The molecule has 1 N–H and O–H groups in total. The Kier molecular flexibility index (Phi) is 4.38. The van der Waals surface area contributed by atoms with Crippen molar-refractivity contribution in [3.63, 3.8) is 0 Å². The molecule has 0 aliphatic carbocycles. The van der Waals surface area contributed by atoms with Crippen LogP contribution in [-0.4, -0.2) is 11.1 Å². The van der Waals surface area contributed by atoms with Crippen LogP contribution in [0.5, 0.6) is 5.75 Å². The average Bonchev–Trinajstić information content (AvgIpc) is 2.46. The van der Waals surface area contributed by atoms with Crippen LogP contribution in [-0.2, 0) is 6.61 Å². The molecule has 20 heavy (non-hydrogen) atoms. The second kappa shape index (κ2) is 6.22. The second-order valence-electron chi connectivity index (χ2n) is 4.00. The second-order valence-corrected chi connectivity index (χ2v) is 4.86. The normalized spacial score (nSPS) is 9.80. The summed E-state index contributed by atoms with van der Waals surface area (Å²) in [5, 5.41) is 18.0. The Morgan fingerprint density at radius 1 is 1.30 bits per heavy atom. The summed E-state index contributed by atoms with van der Waals surface area (Å²) in [6.45, 7) is 0.213. The van der Waals surface area contributed by atoms with Crippen LogP contribution in [0.4, 0.5) is 0 Å². The summed E-state index contributed by atoms with van der Waals surface area (Å²) in [5.74, 6) is -0.585. The maximum Gasteiger partial charge on any atom is 0.336 e. The predicted molar refractivity (Wildman–Crippen MR) is 76.6 cm³/mol. The largest absolute Gasteiger partial charge is 0.489 e. The Bertz CT molecular complexity index is 692. The zero-order valence-corrected chi connectivity index (χ0v) is 11.9. The van der Waals surface area contributed by atoms with E-state index in [-0.39, 0.29) is 12.2 Å². The Hall–Kier alpha value is -2.32. The Morgan fingerprint density at radius 3 is 2.75 bits per heavy atom. The van der Waals surface area contributed by atoms with Gasteiger partial charge in [-0.05, 0) is 40.2 Å². The predicted octanol–water partition coefficient (Wildman–Crippen LogP) is 3.60. The van der Waals surface area contributed by atoms with E-state index in [1.54, 1.807) is 30.3 Å². The fraction of sp³-hybridized carbons (Fsp3) is 0.0667. The number of hydrogen-bond donors (Lipinski definition) is 1. The molecule has 2 aromatic carbocycles. The molecule has 0 aromatic heterocycles. The van der Waals surface area contributed by atoms with E-state index in [9.17, 15) is 4.79 Å². The molecule has 2 rings (SSSR count). The molecule has 0 radical (unpaired) electrons. The van der Waals surface area contributed by atoms with Gasteiger partial charge in [-0.1, -0.05) is 18.2 Å². The summed E-state index contributed by atoms with van der Waals surface area (Å²) in [5.41, 5.74) is 1.44. The van der Waals surface area contributed by atoms with Crippen molar-refractivity contribution >= 4 is 21.9 Å². The van der Waals surface area contributed by atoms with Gasteiger partial charge in [0.1, 0.15) is 12.4 Å². The molecule has 100 valence electrons. The van der Waals surface area contributed by atoms with Crippen LogP contribution >= 0.6 is 15.9 Å². The molecule has 0 fully saturated rings. The molecular formula is C15H10BrNO3. The maximum absolute atomic E-state index is 11.0. The van der Waals surface area contributed by atoms with Crippen LogP contribution in [0.2, 0.25) is 0 Å². The molecule has 0 spiro atoms. The van der Waals surface area contributed by atoms with E-state index in [0.717, 1.165) is 5.56 Å². The van der Waals surface area contributed by atoms with Crippen molar-refractivity contribution in [2.24, 2.45) is 0 Å². The molecule has 0 bridgehead atoms. The number of carbonyl (C=O) groups is 1. The molecule has 0 aliphatic heterocycles. The number of aromatic carboxylic acids is 1. The number of nitrogens with zero attached hydrogens (tertiary/aromatic N) is 1. The monoisotopic (exact) mass is 331 g/mol. The molecule has 0 unspecified atom stereocenters. The van der Waals surface area contributed by atoms with Gasteiger partial charge in [0, 0.05) is 10.0 Å². The number of hydrogen-bond acceptors (Lipinski definition) is 3. The zero-order chi connectivity index (χ0) is 14.5. The highest BCUT2D eigenvalue weighted by Crippen LogP contribution is 2.23. The third kappa shape index (κ3) is 3.16. The summed E-state index contributed by atoms with van der Waals surface area (Å²) in [7, 11) is 0. The van der Waals surface area contributed by atoms with Crippen molar-refractivity contribution in [1.82, 2.24) is 0 Å². The van der Waals surface area contributed by atoms with Crippen molar-refractivity contribution in [3.8, 4) is 11.8 Å². The van der Waals surface area contributed by atoms with E-state index in [4.69, 9.17) is 15.1 Å². The number of nitriles is 1. The average molecular weight is 332 g/mol. The van der Waals surface area contributed by atoms with Crippen molar-refractivity contribution in [2.45, 2.75) is 6.61 Å². The minimum atomic E-state index is -1.03. The van der Waals surface area contributed by atoms with Gasteiger partial charge in [-0.3, -0.25) is 0 Å². The molecule has 0 heterocycles. The summed E-state index contributed by atoms with van der Waals surface area (Å²) < 4.78 is 6.04. The molecule has 0 atom stereocenters. The van der Waals surface area contributed by atoms with E-state index < -0.39 is 5.97 Å². The van der Waals surface area contributed by atoms with Crippen molar-refractivity contribution < 1.29 is 14.6 Å². The number of carboxylic acids is 1. The first kappa shape index (κ1) is 14.1. The van der Waals surface area contributed by atoms with Gasteiger partial charge in [0.05, 0.1) is 17.2 Å². The first-order chi connectivity index (χ1) is 9.61. The van der Waals surface area contributed by atoms with Gasteiger partial charge in [0.25, 0.3) is 0 Å². The topological polar surface area (TPSA) is 70.3 Å². The summed E-state index contributed by atoms with van der Waals surface area (Å²) >= 11 is 3.17. The molecular weight excluding hydrogens is 322 g/mol. The van der Waals surface area contributed by atoms with E-state index in [1.807, 2.05) is 6.07 Å². The molecule has 2 aromatic rings. The summed E-state index contributed by atoms with van der Waals surface area (Å²) in [4.78, 5) is 11.0. The van der Waals surface area contributed by atoms with Crippen LogP contribution in [0.1, 0.15) is 21.5 Å². The van der Waals surface area contributed by atoms with Gasteiger partial charge in [-0.15, -0.1) is 0 Å². The summed E-state index contributed by atoms with van der Waals surface area (Å²) in [6.07, 6.45) is 0. The highest BCUT2D eigenvalue weighted by Gasteiger charge is 2.10. The van der Waals surface area contributed by atoms with Gasteiger partial charge in [0.2, 0.25) is 0 Å². The molecule has 0 saturated heterocycles. The lowest BCUT2D eigenvalue weighted by Gasteiger charge is -2.09. The Balaban J connectivity index is 2.18. The van der Waals surface area contributed by atoms with Gasteiger partial charge in [-0.25, -0.2) is 4.79 Å². The lowest BCUT2D eigenvalue weighted by atomic mass is 10.1. The lowest BCUT2D eigenvalue weighted by Crippen LogP contribution is -2.01. The third-order valence-electron chi connectivity index (χ3n) is 2.70. The van der Waals surface area contributed by atoms with Crippen molar-refractivity contribution in [3.05, 3.63) is 63.6 Å². The molecule has 5 heteroatoms. The minimum absolute atomic E-state index is 0.135. The Labute approximate surface area is 124 Å². The molecule has 0 amide bonds. The van der Waals surface area contributed by atoms with Crippen LogP contribution in [0, 0.1) is 11.3 Å². The summed E-state index contributed by atoms with van der Waals surface area (Å²) in [6, 6.07) is 13.9. The minimum Gasteiger partial charge on any atom is -0.489 e. The standard InChI is InChI=1S/C15H10BrNO3/c16-14-6-5-12(7-13(14)15(18)19)20-9-11-4-2-1-3-10(11)8-17/h1-7H,9H2,(H,18,19). The lowest BCUT2D eigenvalue weighted by molar-refractivity contribution is 0.0695. The van der Waals surface area contributed by atoms with E-state index in [1.165, 1.54) is 6.07 Å². The SMILES string of the molecule is N#Cc1ccccc1COc1ccc(Br)c(C(=O)O)c1. The van der Waals surface area contributed by atoms with Crippen LogP contribution in [0.25, 0.3) is 0 Å². The van der Waals surface area contributed by atoms with Gasteiger partial charge < -0.3 is 9.84 Å². The highest BCUT2D eigenvalue weighted by atomic mass is 79.9. The Morgan fingerprint density at radius 2 is 2.05 bits per heavy atom. The number of carboxylic acid groups (broad SMARTS) is 1. The number of ether oxygens (including phenoxy) is 1. The smallest absolute Gasteiger partial charge is 0.336 e. The third-order valence-corrected chi connectivity index (χ3v) is 3.39. The van der Waals surface area contributed by atoms with E-state index >= 15 is 0 Å². The van der Waals surface area contributed by atoms with Crippen LogP contribution < -0.4 is 4.74 Å². The molecule has 0 saturated carbocycles. The fourth-order valence-corrected chi connectivity index (χ4v) is 2.09. The van der Waals surface area contributed by atoms with Gasteiger partial charge in [-0.2, -0.15) is 5.26 Å². The highest BCUT2D eigenvalue weighted by molar-refractivity contribution is 9.10. The molecule has 4 nitrogen and oxygen atoms in total. The van der Waals surface area contributed by atoms with Gasteiger partial charge >= 0.3 is 5.97 Å². The maximum atomic E-state index is 11.0. The number of halogens is 1. The first-order valence-electron chi connectivity index (χ1n) is 5.75. The quantitative estimate of drug-likeness (QED) is 0.929. The van der Waals surface area contributed by atoms with Crippen molar-refractivity contribution in [1.29, 1.82) is 5.26 Å². The first-order valence-corrected chi connectivity index (χ1v) is 6.55. The molecule has 0 aliphatic rings. The van der Waals surface area contributed by atoms with Gasteiger partial charge in [0.15, 0.2) is 0 Å². The van der Waals surface area contributed by atoms with Crippen molar-refractivity contribution in [2.75, 3.05) is 0 Å². The van der Waals surface area contributed by atoms with E-state index in [2.05, 4.69) is 22.0 Å². The number of rotatable bonds is 4.